The number of hydrogen-bond acceptors (Lipinski definition) is 2. The molecular formula is C14H21NO. The van der Waals surface area contributed by atoms with Gasteiger partial charge in [0, 0.05) is 5.69 Å². The number of aliphatic hydroxyl groups excluding tert-OH is 1. The fourth-order valence-corrected chi connectivity index (χ4v) is 2.31. The van der Waals surface area contributed by atoms with Crippen LogP contribution in [0.1, 0.15) is 44.6 Å². The van der Waals surface area contributed by atoms with Crippen LogP contribution < -0.4 is 5.32 Å². The Balaban J connectivity index is 2.06. The SMILES string of the molecule is CC(C)c1cccc(NC2CCCC2O)c1. The summed E-state index contributed by atoms with van der Waals surface area (Å²) in [6, 6.07) is 8.74. The number of rotatable bonds is 3. The van der Waals surface area contributed by atoms with Gasteiger partial charge in [0.05, 0.1) is 12.1 Å². The lowest BCUT2D eigenvalue weighted by atomic mass is 10.0. The van der Waals surface area contributed by atoms with Crippen molar-refractivity contribution >= 4 is 5.69 Å². The van der Waals surface area contributed by atoms with Gasteiger partial charge in [-0.25, -0.2) is 0 Å². The van der Waals surface area contributed by atoms with Gasteiger partial charge >= 0.3 is 0 Å². The maximum Gasteiger partial charge on any atom is 0.0741 e. The molecule has 0 radical (unpaired) electrons. The Morgan fingerprint density at radius 3 is 2.75 bits per heavy atom. The molecule has 2 unspecified atom stereocenters. The second kappa shape index (κ2) is 4.88. The van der Waals surface area contributed by atoms with Crippen molar-refractivity contribution < 1.29 is 5.11 Å². The summed E-state index contributed by atoms with van der Waals surface area (Å²) in [5.41, 5.74) is 2.48. The Morgan fingerprint density at radius 1 is 1.31 bits per heavy atom. The molecule has 0 heterocycles. The monoisotopic (exact) mass is 219 g/mol. The molecule has 1 fully saturated rings. The molecule has 0 spiro atoms. The molecule has 1 aliphatic rings. The van der Waals surface area contributed by atoms with Crippen LogP contribution >= 0.6 is 0 Å². The van der Waals surface area contributed by atoms with Crippen molar-refractivity contribution in [3.63, 3.8) is 0 Å². The van der Waals surface area contributed by atoms with Crippen LogP contribution in [0, 0.1) is 0 Å². The average Bonchev–Trinajstić information content (AvgIpc) is 2.65. The highest BCUT2D eigenvalue weighted by Gasteiger charge is 2.24. The first-order chi connectivity index (χ1) is 7.66. The van der Waals surface area contributed by atoms with Crippen molar-refractivity contribution in [3.8, 4) is 0 Å². The third-order valence-corrected chi connectivity index (χ3v) is 3.38. The zero-order valence-electron chi connectivity index (χ0n) is 10.1. The molecule has 1 saturated carbocycles. The Bertz CT molecular complexity index is 348. The maximum atomic E-state index is 9.77. The van der Waals surface area contributed by atoms with E-state index in [0.717, 1.165) is 24.9 Å². The molecule has 88 valence electrons. The molecule has 2 atom stereocenters. The first-order valence-corrected chi connectivity index (χ1v) is 6.21. The van der Waals surface area contributed by atoms with Gasteiger partial charge in [-0.1, -0.05) is 26.0 Å². The molecule has 0 amide bonds. The predicted molar refractivity (Wildman–Crippen MR) is 67.8 cm³/mol. The van der Waals surface area contributed by atoms with Crippen LogP contribution in [0.3, 0.4) is 0 Å². The van der Waals surface area contributed by atoms with Gasteiger partial charge < -0.3 is 10.4 Å². The second-order valence-corrected chi connectivity index (χ2v) is 5.03. The highest BCUT2D eigenvalue weighted by atomic mass is 16.3. The van der Waals surface area contributed by atoms with Crippen LogP contribution in [-0.2, 0) is 0 Å². The van der Waals surface area contributed by atoms with Gasteiger partial charge in [-0.3, -0.25) is 0 Å². The molecule has 0 aliphatic heterocycles. The van der Waals surface area contributed by atoms with Gasteiger partial charge in [0.1, 0.15) is 0 Å². The molecule has 0 aromatic heterocycles. The summed E-state index contributed by atoms with van der Waals surface area (Å²) in [5.74, 6) is 0.551. The molecule has 1 aromatic carbocycles. The zero-order valence-corrected chi connectivity index (χ0v) is 10.1. The molecule has 2 N–H and O–H groups in total. The Morgan fingerprint density at radius 2 is 2.12 bits per heavy atom. The molecule has 16 heavy (non-hydrogen) atoms. The fourth-order valence-electron chi connectivity index (χ4n) is 2.31. The summed E-state index contributed by atoms with van der Waals surface area (Å²) in [5, 5.41) is 13.2. The predicted octanol–water partition coefficient (Wildman–Crippen LogP) is 3.14. The van der Waals surface area contributed by atoms with Crippen LogP contribution in [0.5, 0.6) is 0 Å². The molecule has 2 nitrogen and oxygen atoms in total. The van der Waals surface area contributed by atoms with Crippen molar-refractivity contribution in [2.75, 3.05) is 5.32 Å². The molecule has 1 aliphatic carbocycles. The molecule has 0 bridgehead atoms. The summed E-state index contributed by atoms with van der Waals surface area (Å²) < 4.78 is 0. The van der Waals surface area contributed by atoms with Crippen LogP contribution in [0.15, 0.2) is 24.3 Å². The number of aliphatic hydroxyl groups is 1. The third kappa shape index (κ3) is 2.56. The Kier molecular flexibility index (Phi) is 3.49. The first-order valence-electron chi connectivity index (χ1n) is 6.21. The van der Waals surface area contributed by atoms with Crippen molar-refractivity contribution in [2.45, 2.75) is 51.2 Å². The lowest BCUT2D eigenvalue weighted by molar-refractivity contribution is 0.172. The van der Waals surface area contributed by atoms with E-state index < -0.39 is 0 Å². The van der Waals surface area contributed by atoms with Crippen LogP contribution in [0.4, 0.5) is 5.69 Å². The standard InChI is InChI=1S/C14H21NO/c1-10(2)11-5-3-6-12(9-11)15-13-7-4-8-14(13)16/h3,5-6,9-10,13-16H,4,7-8H2,1-2H3. The van der Waals surface area contributed by atoms with Gasteiger partial charge in [-0.05, 0) is 42.9 Å². The lowest BCUT2D eigenvalue weighted by Crippen LogP contribution is -2.27. The van der Waals surface area contributed by atoms with E-state index in [1.54, 1.807) is 0 Å². The van der Waals surface area contributed by atoms with E-state index in [4.69, 9.17) is 0 Å². The van der Waals surface area contributed by atoms with Gasteiger partial charge in [0.2, 0.25) is 0 Å². The largest absolute Gasteiger partial charge is 0.391 e. The van der Waals surface area contributed by atoms with Crippen LogP contribution in [0.25, 0.3) is 0 Å². The van der Waals surface area contributed by atoms with Gasteiger partial charge in [-0.15, -0.1) is 0 Å². The second-order valence-electron chi connectivity index (χ2n) is 5.03. The number of hydrogen-bond donors (Lipinski definition) is 2. The summed E-state index contributed by atoms with van der Waals surface area (Å²) >= 11 is 0. The third-order valence-electron chi connectivity index (χ3n) is 3.38. The smallest absolute Gasteiger partial charge is 0.0741 e. The molecule has 2 rings (SSSR count). The normalized spacial score (nSPS) is 25.0. The van der Waals surface area contributed by atoms with E-state index in [2.05, 4.69) is 43.4 Å². The number of nitrogens with one attached hydrogen (secondary N) is 1. The summed E-state index contributed by atoms with van der Waals surface area (Å²) in [6.07, 6.45) is 2.96. The van der Waals surface area contributed by atoms with Gasteiger partial charge in [0.25, 0.3) is 0 Å². The maximum absolute atomic E-state index is 9.77. The minimum atomic E-state index is -0.178. The highest BCUT2D eigenvalue weighted by molar-refractivity contribution is 5.47. The average molecular weight is 219 g/mol. The summed E-state index contributed by atoms with van der Waals surface area (Å²) in [6.45, 7) is 4.40. The first kappa shape index (κ1) is 11.5. The quantitative estimate of drug-likeness (QED) is 0.818. The van der Waals surface area contributed by atoms with Gasteiger partial charge in [0.15, 0.2) is 0 Å². The van der Waals surface area contributed by atoms with E-state index in [0.29, 0.717) is 5.92 Å². The molecule has 0 saturated heterocycles. The van der Waals surface area contributed by atoms with E-state index in [1.165, 1.54) is 5.56 Å². The molecular weight excluding hydrogens is 198 g/mol. The topological polar surface area (TPSA) is 32.3 Å². The van der Waals surface area contributed by atoms with Crippen molar-refractivity contribution in [1.29, 1.82) is 0 Å². The number of benzene rings is 1. The van der Waals surface area contributed by atoms with Crippen molar-refractivity contribution in [1.82, 2.24) is 0 Å². The van der Waals surface area contributed by atoms with Crippen LogP contribution in [0.2, 0.25) is 0 Å². The fraction of sp³-hybridized carbons (Fsp3) is 0.571. The van der Waals surface area contributed by atoms with E-state index in [-0.39, 0.29) is 12.1 Å². The molecule has 2 heteroatoms. The van der Waals surface area contributed by atoms with E-state index >= 15 is 0 Å². The van der Waals surface area contributed by atoms with Crippen LogP contribution in [-0.4, -0.2) is 17.3 Å². The summed E-state index contributed by atoms with van der Waals surface area (Å²) in [4.78, 5) is 0. The Labute approximate surface area is 97.7 Å². The summed E-state index contributed by atoms with van der Waals surface area (Å²) in [7, 11) is 0. The van der Waals surface area contributed by atoms with Crippen molar-refractivity contribution in [3.05, 3.63) is 29.8 Å². The van der Waals surface area contributed by atoms with E-state index in [1.807, 2.05) is 0 Å². The number of anilines is 1. The van der Waals surface area contributed by atoms with Crippen molar-refractivity contribution in [2.24, 2.45) is 0 Å². The zero-order chi connectivity index (χ0) is 11.5. The highest BCUT2D eigenvalue weighted by Crippen LogP contribution is 2.24. The Hall–Kier alpha value is -1.02. The minimum Gasteiger partial charge on any atom is -0.391 e. The van der Waals surface area contributed by atoms with E-state index in [9.17, 15) is 5.11 Å². The molecule has 1 aromatic rings. The van der Waals surface area contributed by atoms with Gasteiger partial charge in [-0.2, -0.15) is 0 Å². The minimum absolute atomic E-state index is 0.178. The lowest BCUT2D eigenvalue weighted by Gasteiger charge is -2.18.